The molecule has 7 fully saturated rings. The molecule has 8 aliphatic rings. The van der Waals surface area contributed by atoms with Gasteiger partial charge >= 0.3 is 23.9 Å². The van der Waals surface area contributed by atoms with Gasteiger partial charge in [-0.3, -0.25) is 19.2 Å². The highest BCUT2D eigenvalue weighted by Gasteiger charge is 2.53. The molecule has 0 radical (unpaired) electrons. The van der Waals surface area contributed by atoms with Crippen molar-refractivity contribution in [2.45, 2.75) is 229 Å². The van der Waals surface area contributed by atoms with Crippen molar-refractivity contribution in [1.29, 1.82) is 0 Å². The lowest BCUT2D eigenvalue weighted by Crippen LogP contribution is -2.41. The Morgan fingerprint density at radius 2 is 0.984 bits per heavy atom. The van der Waals surface area contributed by atoms with Crippen LogP contribution in [0.2, 0.25) is 0 Å². The van der Waals surface area contributed by atoms with Gasteiger partial charge in [-0.25, -0.2) is 0 Å². The maximum atomic E-state index is 11.1. The third-order valence-corrected chi connectivity index (χ3v) is 18.4. The summed E-state index contributed by atoms with van der Waals surface area (Å²) in [6.07, 6.45) is 33.0. The van der Waals surface area contributed by atoms with Crippen molar-refractivity contribution in [3.63, 3.8) is 0 Å². The maximum Gasteiger partial charge on any atom is 0.302 e. The second-order valence-electron chi connectivity index (χ2n) is 21.8. The highest BCUT2D eigenvalue weighted by molar-refractivity contribution is 5.67. The van der Waals surface area contributed by atoms with Crippen LogP contribution in [0.3, 0.4) is 0 Å². The Balaban J connectivity index is -0.0000000712. The molecule has 0 N–H and O–H groups in total. The van der Waals surface area contributed by atoms with Crippen LogP contribution in [-0.4, -0.2) is 48.3 Å². The van der Waals surface area contributed by atoms with E-state index in [9.17, 15) is 19.2 Å². The summed E-state index contributed by atoms with van der Waals surface area (Å²) in [4.78, 5) is 44.5. The Bertz CT molecular complexity index is 1790. The Labute approximate surface area is 444 Å². The topological polar surface area (TPSA) is 105 Å². The van der Waals surface area contributed by atoms with Crippen LogP contribution >= 0.6 is 0 Å². The Kier molecular flexibility index (Phi) is 11.0. The third-order valence-electron chi connectivity index (χ3n) is 18.4. The normalized spacial score (nSPS) is 42.7. The van der Waals surface area contributed by atoms with E-state index < -0.39 is 0 Å². The Morgan fingerprint density at radius 3 is 1.38 bits per heavy atom. The van der Waals surface area contributed by atoms with Crippen molar-refractivity contribution in [2.24, 2.45) is 51.2 Å². The summed E-state index contributed by atoms with van der Waals surface area (Å²) in [5.74, 6) is 2.29. The zero-order valence-electron chi connectivity index (χ0n) is 78.1. The average molecular weight is 962 g/mol. The maximum absolute atomic E-state index is 11.1. The predicted molar refractivity (Wildman–Crippen MR) is 294 cm³/mol. The first-order valence-electron chi connectivity index (χ1n) is 43.6. The van der Waals surface area contributed by atoms with Crippen LogP contribution in [0.4, 0.5) is 0 Å². The molecule has 0 spiro atoms. The van der Waals surface area contributed by atoms with Crippen LogP contribution in [0, 0.1) is 51.2 Å². The van der Waals surface area contributed by atoms with E-state index in [1.165, 1.54) is 118 Å². The molecule has 0 aromatic carbocycles. The standard InChI is InChI=1S/4C14H22O2.18H2/c4*1-4-11-7-8-12-13(16-10(2)15)6-5-9-14(11,12)3;;;;;;;;;;;;;;;;;;/h7,12-13H,4-6,8-9H2,1-3H3;2*4,12-13H,5-9H2,1-3H3;4,11-13H,1,5-9H2,2-3H3;18*1H/b;11-4+;11-4-;;;;;;;;;;;;;;;;;;;/t3*12-,13-,14+;11?,12-,13-,14+;;;;;;;;;;;;;;;;;;/m0000................../s1/i;;;;18*1+1D. The average Bonchev–Trinajstić information content (AvgIpc) is 1.63. The number of carbonyl (C=O) groups excluding carboxylic acids is 4. The van der Waals surface area contributed by atoms with Crippen LogP contribution in [-0.2, 0) is 38.1 Å². The first-order chi connectivity index (χ1) is 48.3. The van der Waals surface area contributed by atoms with Crippen LogP contribution in [0.25, 0.3) is 0 Å². The zero-order valence-corrected chi connectivity index (χ0v) is 42.1. The Morgan fingerprint density at radius 1 is 0.594 bits per heavy atom. The molecule has 8 heteroatoms. The molecular weight excluding hydrogens is 801 g/mol. The highest BCUT2D eigenvalue weighted by atomic mass is 16.6. The van der Waals surface area contributed by atoms with E-state index in [0.717, 1.165) is 38.5 Å². The van der Waals surface area contributed by atoms with Crippen LogP contribution in [0.1, 0.15) is 258 Å². The zero-order chi connectivity index (χ0) is 83.0. The van der Waals surface area contributed by atoms with Gasteiger partial charge in [-0.1, -0.05) is 75.6 Å². The van der Waals surface area contributed by atoms with E-state index in [2.05, 4.69) is 79.3 Å². The van der Waals surface area contributed by atoms with Crippen molar-refractivity contribution in [3.05, 3.63) is 47.6 Å². The van der Waals surface area contributed by atoms with Gasteiger partial charge < -0.3 is 18.9 Å². The summed E-state index contributed by atoms with van der Waals surface area (Å²) in [6, 6.07) is 0. The summed E-state index contributed by atoms with van der Waals surface area (Å²) >= 11 is 0. The van der Waals surface area contributed by atoms with E-state index in [1.807, 2.05) is 0 Å². The fraction of sp³-hybridized carbons (Fsp3) is 0.786. The predicted octanol–water partition coefficient (Wildman–Crippen LogP) is 18.1. The van der Waals surface area contributed by atoms with Crippen molar-refractivity contribution in [1.82, 2.24) is 0 Å². The molecule has 64 heavy (non-hydrogen) atoms. The van der Waals surface area contributed by atoms with E-state index in [0.29, 0.717) is 51.2 Å². The minimum absolute atomic E-state index is 0.122. The van der Waals surface area contributed by atoms with Gasteiger partial charge in [0.15, 0.2) is 0 Å². The van der Waals surface area contributed by atoms with Gasteiger partial charge in [0.2, 0.25) is 0 Å². The van der Waals surface area contributed by atoms with Crippen LogP contribution < -0.4 is 0 Å². The number of hydrogen-bond donors (Lipinski definition) is 0. The molecule has 0 aromatic heterocycles. The largest absolute Gasteiger partial charge is 0.462 e. The van der Waals surface area contributed by atoms with Gasteiger partial charge in [0.05, 0.1) is 0 Å². The molecule has 0 aromatic rings. The molecule has 0 aliphatic heterocycles. The Hall–Kier alpha value is -3.16. The second-order valence-corrected chi connectivity index (χ2v) is 21.8. The molecule has 396 valence electrons. The number of esters is 4. The lowest BCUT2D eigenvalue weighted by Gasteiger charge is -2.43. The van der Waals surface area contributed by atoms with Crippen LogP contribution in [0.5, 0.6) is 0 Å². The van der Waals surface area contributed by atoms with Crippen molar-refractivity contribution in [2.75, 3.05) is 0 Å². The number of ether oxygens (including phenoxy) is 4. The molecule has 7 saturated carbocycles. The van der Waals surface area contributed by atoms with Crippen molar-refractivity contribution >= 4 is 23.9 Å². The van der Waals surface area contributed by atoms with Gasteiger partial charge in [-0.15, -0.1) is 6.58 Å². The molecule has 0 saturated heterocycles. The van der Waals surface area contributed by atoms with Gasteiger partial charge in [0.1, 0.15) is 24.4 Å². The molecule has 0 bridgehead atoms. The molecule has 8 nitrogen and oxygen atoms in total. The first kappa shape index (κ1) is 31.7. The van der Waals surface area contributed by atoms with Crippen molar-refractivity contribution < 1.29 is 91.6 Å². The smallest absolute Gasteiger partial charge is 0.302 e. The summed E-state index contributed by atoms with van der Waals surface area (Å²) in [5.41, 5.74) is 5.95. The number of hydrogen-bond acceptors (Lipinski definition) is 8. The summed E-state index contributed by atoms with van der Waals surface area (Å²) < 4.78 is 202. The summed E-state index contributed by atoms with van der Waals surface area (Å²) in [6.45, 7) is 26.0. The fourth-order valence-corrected chi connectivity index (χ4v) is 15.2. The third kappa shape index (κ3) is 11.2. The molecular formula is C56H124O8. The minimum Gasteiger partial charge on any atom is -0.462 e. The van der Waals surface area contributed by atoms with E-state index in [1.54, 1.807) is 16.7 Å². The number of rotatable bonds is 6. The van der Waals surface area contributed by atoms with Gasteiger partial charge in [-0.2, -0.15) is 0 Å². The van der Waals surface area contributed by atoms with E-state index >= 15 is 0 Å². The van der Waals surface area contributed by atoms with E-state index in [-0.39, 0.29) is 48.3 Å². The van der Waals surface area contributed by atoms with Gasteiger partial charge in [-0.05, 0) is 170 Å². The van der Waals surface area contributed by atoms with Crippen molar-refractivity contribution in [3.8, 4) is 0 Å². The summed E-state index contributed by atoms with van der Waals surface area (Å²) in [7, 11) is 0. The van der Waals surface area contributed by atoms with E-state index in [4.69, 9.17) is 72.4 Å². The SMILES string of the molecule is C/C=C1/CC[C@H]2[C@@H](OC(C)=O)CCC[C@]12C.C/C=C1\CC[C@H]2[C@@H](OC(C)=O)CCC[C@]12C.C=CC1CC[C@H]2[C@@H](OC(C)=O)CCC[C@]12C.CCC1=CC[C@H]2[C@@H](OC(C)=O)CCC[C@]12C.[2H][2H].[2H][2H].[2H][2H].[2H][2H].[2H][2H].[2H][2H].[2H][2H].[2H][2H].[2H][2H].[2H][2H].[2H][2H].[2H][2H].[2H][2H].[2H][2H].[2H][2H].[2H][2H].[2H][2H].[2H][2H]. The molecule has 8 aliphatic carbocycles. The highest BCUT2D eigenvalue weighted by Crippen LogP contribution is 2.59. The number of allylic oxidation sites excluding steroid dienone is 7. The lowest BCUT2D eigenvalue weighted by atomic mass is 9.64. The molecule has 0 heterocycles. The molecule has 0 amide bonds. The monoisotopic (exact) mass is 961 g/mol. The van der Waals surface area contributed by atoms with Gasteiger partial charge in [0, 0.05) is 105 Å². The summed E-state index contributed by atoms with van der Waals surface area (Å²) in [5, 5.41) is 0. The molecule has 1 unspecified atom stereocenters. The second kappa shape index (κ2) is 22.1. The number of carbonyl (C=O) groups is 4. The number of fused-ring (bicyclic) bond motifs is 4. The van der Waals surface area contributed by atoms with Gasteiger partial charge in [0.25, 0.3) is 0 Å². The molecule has 13 atom stereocenters. The fourth-order valence-electron chi connectivity index (χ4n) is 15.2. The molecule has 8 rings (SSSR count). The minimum atomic E-state index is -0.128. The van der Waals surface area contributed by atoms with Crippen LogP contribution in [0.15, 0.2) is 47.6 Å². The lowest BCUT2D eigenvalue weighted by molar-refractivity contribution is -0.155. The quantitative estimate of drug-likeness (QED) is 0.147. The first-order valence-corrected chi connectivity index (χ1v) is 25.6.